The molecule has 5 heteroatoms. The molecule has 0 aromatic carbocycles. The van der Waals surface area contributed by atoms with Crippen molar-refractivity contribution in [3.63, 3.8) is 0 Å². The molecule has 0 aliphatic heterocycles. The summed E-state index contributed by atoms with van der Waals surface area (Å²) in [5, 5.41) is 0.452. The molecule has 27 heavy (non-hydrogen) atoms. The number of hydrogen-bond donors (Lipinski definition) is 1. The first-order valence-electron chi connectivity index (χ1n) is 10.9. The molecule has 1 rings (SSSR count). The molecule has 0 spiro atoms. The Kier molecular flexibility index (Phi) is 14.1. The number of nitrogens with zero attached hydrogens (tertiary/aromatic N) is 2. The smallest absolute Gasteiger partial charge is 0.326 e. The zero-order valence-electron chi connectivity index (χ0n) is 17.1. The number of unbranched alkanes of at least 4 members (excludes halogenated alkanes) is 13. The van der Waals surface area contributed by atoms with Crippen molar-refractivity contribution >= 4 is 17.3 Å². The molecule has 0 saturated carbocycles. The van der Waals surface area contributed by atoms with Gasteiger partial charge in [0.2, 0.25) is 0 Å². The van der Waals surface area contributed by atoms with Crippen LogP contribution in [0.4, 0.5) is 0 Å². The lowest BCUT2D eigenvalue weighted by Crippen LogP contribution is -2.33. The molecular weight excluding hydrogens is 358 g/mol. The van der Waals surface area contributed by atoms with E-state index in [0.717, 1.165) is 12.8 Å². The van der Waals surface area contributed by atoms with Crippen LogP contribution < -0.4 is 5.73 Å². The van der Waals surface area contributed by atoms with Crippen molar-refractivity contribution in [3.8, 4) is 0 Å². The van der Waals surface area contributed by atoms with Crippen molar-refractivity contribution in [2.75, 3.05) is 6.61 Å². The quantitative estimate of drug-likeness (QED) is 0.184. The molecule has 1 unspecified atom stereocenters. The van der Waals surface area contributed by atoms with Gasteiger partial charge in [-0.15, -0.1) is 0 Å². The summed E-state index contributed by atoms with van der Waals surface area (Å²) in [5.74, 6) is 0. The summed E-state index contributed by atoms with van der Waals surface area (Å²) in [4.78, 5) is 3.23. The summed E-state index contributed by atoms with van der Waals surface area (Å²) in [5.41, 5.74) is 15.8. The van der Waals surface area contributed by atoms with Gasteiger partial charge in [0, 0.05) is 12.7 Å². The monoisotopic (exact) mass is 395 g/mol. The molecule has 0 aromatic rings. The van der Waals surface area contributed by atoms with E-state index in [0.29, 0.717) is 23.0 Å². The van der Waals surface area contributed by atoms with Crippen molar-refractivity contribution in [3.05, 3.63) is 28.4 Å². The van der Waals surface area contributed by atoms with Crippen molar-refractivity contribution in [1.29, 1.82) is 0 Å². The third-order valence-electron chi connectivity index (χ3n) is 5.13. The Morgan fingerprint density at radius 3 is 1.85 bits per heavy atom. The predicted octanol–water partition coefficient (Wildman–Crippen LogP) is 6.50. The highest BCUT2D eigenvalue weighted by atomic mass is 35.5. The molecule has 2 N–H and O–H groups in total. The molecule has 4 nitrogen and oxygen atoms in total. The maximum atomic E-state index is 9.03. The third-order valence-corrected chi connectivity index (χ3v) is 5.47. The Morgan fingerprint density at radius 1 is 0.889 bits per heavy atom. The zero-order chi connectivity index (χ0) is 19.7. The highest BCUT2D eigenvalue weighted by Crippen LogP contribution is 2.19. The molecule has 1 aliphatic carbocycles. The van der Waals surface area contributed by atoms with Gasteiger partial charge in [0.25, 0.3) is 0 Å². The van der Waals surface area contributed by atoms with Crippen LogP contribution in [0.3, 0.4) is 0 Å². The fraction of sp³-hybridized carbons (Fsp3) is 0.773. The molecule has 0 heterocycles. The van der Waals surface area contributed by atoms with Gasteiger partial charge in [0.15, 0.2) is 6.10 Å². The molecule has 0 radical (unpaired) electrons. The number of allylic oxidation sites excluding steroid dienone is 2. The van der Waals surface area contributed by atoms with Crippen LogP contribution in [0.5, 0.6) is 0 Å². The second kappa shape index (κ2) is 15.9. The van der Waals surface area contributed by atoms with E-state index in [-0.39, 0.29) is 0 Å². The Bertz CT molecular complexity index is 510. The van der Waals surface area contributed by atoms with E-state index in [4.69, 9.17) is 27.6 Å². The van der Waals surface area contributed by atoms with Gasteiger partial charge in [-0.25, -0.2) is 0 Å². The van der Waals surface area contributed by atoms with Crippen molar-refractivity contribution in [1.82, 2.24) is 0 Å². The van der Waals surface area contributed by atoms with Crippen molar-refractivity contribution < 1.29 is 9.53 Å². The standard InChI is InChI=1S/C22H38ClN3O/c1-2-3-4-5-6-7-8-9-10-11-12-13-14-15-18-27-22-20(26-25)17-16-19(23)21(22)24/h16-17,22H,2-15,18,24H2,1H3. The van der Waals surface area contributed by atoms with E-state index in [2.05, 4.69) is 11.7 Å². The van der Waals surface area contributed by atoms with Gasteiger partial charge >= 0.3 is 5.71 Å². The maximum absolute atomic E-state index is 9.03. The number of halogens is 1. The lowest BCUT2D eigenvalue weighted by atomic mass is 10.0. The summed E-state index contributed by atoms with van der Waals surface area (Å²) < 4.78 is 5.77. The van der Waals surface area contributed by atoms with Gasteiger partial charge in [-0.3, -0.25) is 0 Å². The molecule has 0 fully saturated rings. The maximum Gasteiger partial charge on any atom is 0.326 e. The molecule has 0 aromatic heterocycles. The Morgan fingerprint density at radius 2 is 1.37 bits per heavy atom. The van der Waals surface area contributed by atoms with Crippen LogP contribution in [0, 0.1) is 0 Å². The number of hydrogen-bond acceptors (Lipinski definition) is 2. The molecule has 1 atom stereocenters. The lowest BCUT2D eigenvalue weighted by Gasteiger charge is -2.17. The SMILES string of the molecule is CCCCCCCCCCCCCCCCOC1C(=[N+]=[N-])C=CC(Cl)=C1N. The van der Waals surface area contributed by atoms with Crippen molar-refractivity contribution in [2.24, 2.45) is 5.73 Å². The summed E-state index contributed by atoms with van der Waals surface area (Å²) in [7, 11) is 0. The molecule has 0 bridgehead atoms. The highest BCUT2D eigenvalue weighted by molar-refractivity contribution is 6.32. The second-order valence-corrected chi connectivity index (χ2v) is 7.92. The van der Waals surface area contributed by atoms with E-state index in [1.807, 2.05) is 0 Å². The van der Waals surface area contributed by atoms with Crippen LogP contribution in [0.2, 0.25) is 0 Å². The van der Waals surface area contributed by atoms with Crippen LogP contribution in [0.25, 0.3) is 5.53 Å². The summed E-state index contributed by atoms with van der Waals surface area (Å²) in [6, 6.07) is 0. The van der Waals surface area contributed by atoms with Crippen LogP contribution >= 0.6 is 11.6 Å². The topological polar surface area (TPSA) is 71.7 Å². The van der Waals surface area contributed by atoms with Gasteiger partial charge in [0.05, 0.1) is 10.7 Å². The van der Waals surface area contributed by atoms with Gasteiger partial charge in [-0.05, 0) is 12.5 Å². The minimum atomic E-state index is -0.533. The fourth-order valence-electron chi connectivity index (χ4n) is 3.39. The molecule has 154 valence electrons. The van der Waals surface area contributed by atoms with Crippen LogP contribution in [-0.4, -0.2) is 23.2 Å². The fourth-order valence-corrected chi connectivity index (χ4v) is 3.55. The largest absolute Gasteiger partial charge is 0.398 e. The highest BCUT2D eigenvalue weighted by Gasteiger charge is 2.29. The predicted molar refractivity (Wildman–Crippen MR) is 115 cm³/mol. The number of nitrogens with two attached hydrogens (primary N) is 1. The van der Waals surface area contributed by atoms with E-state index >= 15 is 0 Å². The second-order valence-electron chi connectivity index (χ2n) is 7.51. The minimum Gasteiger partial charge on any atom is -0.398 e. The molecule has 0 saturated heterocycles. The molecular formula is C22H38ClN3O. The number of rotatable bonds is 16. The number of ether oxygens (including phenoxy) is 1. The van der Waals surface area contributed by atoms with Gasteiger partial charge in [-0.1, -0.05) is 102 Å². The van der Waals surface area contributed by atoms with Gasteiger partial charge < -0.3 is 16.0 Å². The zero-order valence-corrected chi connectivity index (χ0v) is 17.9. The lowest BCUT2D eigenvalue weighted by molar-refractivity contribution is -0.0242. The Labute approximate surface area is 170 Å². The summed E-state index contributed by atoms with van der Waals surface area (Å²) in [6.07, 6.45) is 21.3. The average molecular weight is 396 g/mol. The Balaban J connectivity index is 1.92. The van der Waals surface area contributed by atoms with Gasteiger partial charge in [-0.2, -0.15) is 4.79 Å². The van der Waals surface area contributed by atoms with Crippen molar-refractivity contribution in [2.45, 2.75) is 103 Å². The van der Waals surface area contributed by atoms with Crippen LogP contribution in [0.1, 0.15) is 96.8 Å². The summed E-state index contributed by atoms with van der Waals surface area (Å²) >= 11 is 6.01. The van der Waals surface area contributed by atoms with E-state index in [1.54, 1.807) is 12.2 Å². The normalized spacial score (nSPS) is 16.8. The third kappa shape index (κ3) is 10.7. The van der Waals surface area contributed by atoms with E-state index < -0.39 is 6.10 Å². The first-order chi connectivity index (χ1) is 13.2. The Hall–Kier alpha value is -1.09. The van der Waals surface area contributed by atoms with Crippen LogP contribution in [0.15, 0.2) is 22.9 Å². The minimum absolute atomic E-state index is 0.405. The summed E-state index contributed by atoms with van der Waals surface area (Å²) in [6.45, 7) is 2.87. The van der Waals surface area contributed by atoms with Gasteiger partial charge in [0.1, 0.15) is 0 Å². The first kappa shape index (κ1) is 23.9. The molecule has 1 aliphatic rings. The van der Waals surface area contributed by atoms with E-state index in [9.17, 15) is 0 Å². The first-order valence-corrected chi connectivity index (χ1v) is 11.2. The van der Waals surface area contributed by atoms with Crippen LogP contribution in [-0.2, 0) is 4.74 Å². The molecule has 0 amide bonds. The van der Waals surface area contributed by atoms with E-state index in [1.165, 1.54) is 77.0 Å². The average Bonchev–Trinajstić information content (AvgIpc) is 2.68.